The Morgan fingerprint density at radius 1 is 1.38 bits per heavy atom. The number of pyridine rings is 1. The van der Waals surface area contributed by atoms with Crippen molar-refractivity contribution in [3.63, 3.8) is 0 Å². The monoisotopic (exact) mass is 234 g/mol. The van der Waals surface area contributed by atoms with Crippen LogP contribution >= 0.6 is 11.8 Å². The summed E-state index contributed by atoms with van der Waals surface area (Å²) in [5, 5.41) is 9.97. The molecule has 1 heterocycles. The maximum atomic E-state index is 8.90. The first-order chi connectivity index (χ1) is 7.43. The van der Waals surface area contributed by atoms with Crippen LogP contribution in [0.2, 0.25) is 0 Å². The van der Waals surface area contributed by atoms with Gasteiger partial charge in [-0.1, -0.05) is 0 Å². The zero-order chi connectivity index (χ0) is 12.2. The van der Waals surface area contributed by atoms with E-state index in [1.807, 2.05) is 20.8 Å². The van der Waals surface area contributed by atoms with E-state index < -0.39 is 0 Å². The van der Waals surface area contributed by atoms with Gasteiger partial charge < -0.3 is 0 Å². The van der Waals surface area contributed by atoms with E-state index in [9.17, 15) is 0 Å². The molecule has 0 aliphatic rings. The van der Waals surface area contributed by atoms with Crippen LogP contribution in [0.5, 0.6) is 0 Å². The van der Waals surface area contributed by atoms with Gasteiger partial charge in [-0.2, -0.15) is 5.26 Å². The third-order valence-electron chi connectivity index (χ3n) is 2.35. The molecular weight excluding hydrogens is 216 g/mol. The van der Waals surface area contributed by atoms with Crippen LogP contribution in [0.4, 0.5) is 0 Å². The Hall–Kier alpha value is -1.01. The van der Waals surface area contributed by atoms with Crippen molar-refractivity contribution in [3.8, 4) is 6.07 Å². The van der Waals surface area contributed by atoms with Crippen molar-refractivity contribution in [2.45, 2.75) is 39.1 Å². The van der Waals surface area contributed by atoms with Crippen molar-refractivity contribution in [3.05, 3.63) is 23.4 Å². The zero-order valence-corrected chi connectivity index (χ0v) is 11.2. The van der Waals surface area contributed by atoms with Crippen LogP contribution in [-0.2, 0) is 0 Å². The Morgan fingerprint density at radius 2 is 2.06 bits per heavy atom. The molecule has 86 valence electrons. The van der Waals surface area contributed by atoms with Crippen molar-refractivity contribution in [2.24, 2.45) is 5.41 Å². The molecule has 0 atom stereocenters. The number of nitrogens with zero attached hydrogens (tertiary/aromatic N) is 2. The first kappa shape index (κ1) is 13.1. The van der Waals surface area contributed by atoms with Gasteiger partial charge in [0.2, 0.25) is 0 Å². The van der Waals surface area contributed by atoms with Gasteiger partial charge >= 0.3 is 0 Å². The minimum Gasteiger partial charge on any atom is -0.247 e. The van der Waals surface area contributed by atoms with Crippen LogP contribution < -0.4 is 0 Å². The highest BCUT2D eigenvalue weighted by molar-refractivity contribution is 7.99. The average molecular weight is 234 g/mol. The molecule has 0 radical (unpaired) electrons. The molecule has 0 aliphatic carbocycles. The van der Waals surface area contributed by atoms with E-state index in [0.29, 0.717) is 0 Å². The number of thioether (sulfide) groups is 1. The molecule has 0 unspecified atom stereocenters. The van der Waals surface area contributed by atoms with E-state index in [2.05, 4.69) is 30.1 Å². The smallest absolute Gasteiger partial charge is 0.0965 e. The predicted octanol–water partition coefficient (Wildman–Crippen LogP) is 3.73. The van der Waals surface area contributed by atoms with E-state index in [1.54, 1.807) is 11.8 Å². The fraction of sp³-hybridized carbons (Fsp3) is 0.538. The zero-order valence-electron chi connectivity index (χ0n) is 10.4. The lowest BCUT2D eigenvalue weighted by Gasteiger charge is -2.13. The fourth-order valence-electron chi connectivity index (χ4n) is 1.34. The quantitative estimate of drug-likeness (QED) is 0.745. The van der Waals surface area contributed by atoms with Crippen molar-refractivity contribution in [1.82, 2.24) is 4.98 Å². The Bertz CT molecular complexity index is 385. The molecule has 1 aromatic rings. The summed E-state index contributed by atoms with van der Waals surface area (Å²) in [5.41, 5.74) is 2.07. The molecule has 0 spiro atoms. The summed E-state index contributed by atoms with van der Waals surface area (Å²) in [6, 6.07) is 6.48. The SMILES string of the molecule is Cc1cc(C)nc(SCCC(C)(C)C#N)c1. The van der Waals surface area contributed by atoms with Crippen LogP contribution in [-0.4, -0.2) is 10.7 Å². The minimum absolute atomic E-state index is 0.230. The highest BCUT2D eigenvalue weighted by Gasteiger charge is 2.16. The summed E-state index contributed by atoms with van der Waals surface area (Å²) >= 11 is 1.73. The summed E-state index contributed by atoms with van der Waals surface area (Å²) in [6.07, 6.45) is 0.892. The van der Waals surface area contributed by atoms with Crippen LogP contribution in [0.15, 0.2) is 17.2 Å². The Balaban J connectivity index is 2.53. The van der Waals surface area contributed by atoms with Gasteiger partial charge in [-0.05, 0) is 51.8 Å². The van der Waals surface area contributed by atoms with E-state index in [1.165, 1.54) is 5.56 Å². The molecule has 0 saturated carbocycles. The molecule has 1 aromatic heterocycles. The van der Waals surface area contributed by atoms with Gasteiger partial charge in [-0.3, -0.25) is 0 Å². The van der Waals surface area contributed by atoms with Crippen molar-refractivity contribution in [1.29, 1.82) is 5.26 Å². The van der Waals surface area contributed by atoms with Crippen LogP contribution in [0.1, 0.15) is 31.5 Å². The number of aromatic nitrogens is 1. The highest BCUT2D eigenvalue weighted by atomic mass is 32.2. The third kappa shape index (κ3) is 4.24. The molecule has 0 aliphatic heterocycles. The van der Waals surface area contributed by atoms with Crippen molar-refractivity contribution in [2.75, 3.05) is 5.75 Å². The van der Waals surface area contributed by atoms with Crippen molar-refractivity contribution >= 4 is 11.8 Å². The second-order valence-corrected chi connectivity index (χ2v) is 5.83. The Kier molecular flexibility index (Phi) is 4.37. The van der Waals surface area contributed by atoms with Gasteiger partial charge in [-0.15, -0.1) is 11.8 Å². The lowest BCUT2D eigenvalue weighted by molar-refractivity contribution is 0.482. The van der Waals surface area contributed by atoms with E-state index in [0.717, 1.165) is 22.9 Å². The maximum absolute atomic E-state index is 8.90. The second-order valence-electron chi connectivity index (χ2n) is 4.72. The topological polar surface area (TPSA) is 36.7 Å². The van der Waals surface area contributed by atoms with E-state index in [-0.39, 0.29) is 5.41 Å². The first-order valence-corrected chi connectivity index (χ1v) is 6.41. The summed E-state index contributed by atoms with van der Waals surface area (Å²) in [4.78, 5) is 4.46. The average Bonchev–Trinajstić information content (AvgIpc) is 2.16. The molecule has 0 amide bonds. The largest absolute Gasteiger partial charge is 0.247 e. The summed E-state index contributed by atoms with van der Waals surface area (Å²) in [6.45, 7) is 8.04. The van der Waals surface area contributed by atoms with Gasteiger partial charge in [-0.25, -0.2) is 4.98 Å². The van der Waals surface area contributed by atoms with Crippen LogP contribution in [0.3, 0.4) is 0 Å². The molecule has 1 rings (SSSR count). The minimum atomic E-state index is -0.230. The number of aryl methyl sites for hydroxylation is 2. The first-order valence-electron chi connectivity index (χ1n) is 5.42. The molecule has 16 heavy (non-hydrogen) atoms. The number of hydrogen-bond acceptors (Lipinski definition) is 3. The molecule has 0 N–H and O–H groups in total. The van der Waals surface area contributed by atoms with E-state index >= 15 is 0 Å². The summed E-state index contributed by atoms with van der Waals surface area (Å²) < 4.78 is 0. The standard InChI is InChI=1S/C13H18N2S/c1-10-7-11(2)15-12(8-10)16-6-5-13(3,4)9-14/h7-8H,5-6H2,1-4H3. The molecule has 2 nitrogen and oxygen atoms in total. The Labute approximate surface area is 102 Å². The van der Waals surface area contributed by atoms with Crippen LogP contribution in [0.25, 0.3) is 0 Å². The molecule has 0 aromatic carbocycles. The van der Waals surface area contributed by atoms with Gasteiger partial charge in [0.05, 0.1) is 16.5 Å². The van der Waals surface area contributed by atoms with Gasteiger partial charge in [0.1, 0.15) is 0 Å². The van der Waals surface area contributed by atoms with Gasteiger partial charge in [0, 0.05) is 11.4 Å². The predicted molar refractivity (Wildman–Crippen MR) is 68.4 cm³/mol. The third-order valence-corrected chi connectivity index (χ3v) is 3.27. The number of hydrogen-bond donors (Lipinski definition) is 0. The fourth-order valence-corrected chi connectivity index (χ4v) is 2.64. The van der Waals surface area contributed by atoms with Crippen molar-refractivity contribution < 1.29 is 0 Å². The summed E-state index contributed by atoms with van der Waals surface area (Å²) in [7, 11) is 0. The maximum Gasteiger partial charge on any atom is 0.0965 e. The van der Waals surface area contributed by atoms with Gasteiger partial charge in [0.15, 0.2) is 0 Å². The second kappa shape index (κ2) is 5.36. The Morgan fingerprint density at radius 3 is 2.62 bits per heavy atom. The molecular formula is C13H18N2S. The molecule has 0 saturated heterocycles. The lowest BCUT2D eigenvalue weighted by Crippen LogP contribution is -2.08. The van der Waals surface area contributed by atoms with Gasteiger partial charge in [0.25, 0.3) is 0 Å². The lowest BCUT2D eigenvalue weighted by atomic mass is 9.93. The molecule has 0 bridgehead atoms. The molecule has 0 fully saturated rings. The number of nitriles is 1. The summed E-state index contributed by atoms with van der Waals surface area (Å²) in [5.74, 6) is 0.941. The number of rotatable bonds is 4. The van der Waals surface area contributed by atoms with Crippen LogP contribution in [0, 0.1) is 30.6 Å². The highest BCUT2D eigenvalue weighted by Crippen LogP contribution is 2.25. The van der Waals surface area contributed by atoms with E-state index in [4.69, 9.17) is 5.26 Å². The molecule has 3 heteroatoms. The normalized spacial score (nSPS) is 11.2.